The van der Waals surface area contributed by atoms with E-state index in [4.69, 9.17) is 0 Å². The zero-order valence-corrected chi connectivity index (χ0v) is 21.9. The maximum absolute atomic E-state index is 13.7. The first kappa shape index (κ1) is 25.4. The number of amides is 4. The van der Waals surface area contributed by atoms with Crippen LogP contribution in [0.25, 0.3) is 5.57 Å². The minimum atomic E-state index is -0.869. The largest absolute Gasteiger partial charge is 0.295 e. The number of benzene rings is 3. The third kappa shape index (κ3) is 4.29. The predicted molar refractivity (Wildman–Crippen MR) is 148 cm³/mol. The molecule has 190 valence electrons. The number of carbonyl (C=O) groups is 4. The van der Waals surface area contributed by atoms with Crippen LogP contribution < -0.4 is 10.2 Å². The molecule has 2 unspecified atom stereocenters. The van der Waals surface area contributed by atoms with Gasteiger partial charge in [0.2, 0.25) is 11.8 Å². The maximum atomic E-state index is 13.7. The highest BCUT2D eigenvalue weighted by Crippen LogP contribution is 2.47. The zero-order valence-electron chi connectivity index (χ0n) is 21.0. The molecule has 1 N–H and O–H groups in total. The molecule has 0 bridgehead atoms. The highest BCUT2D eigenvalue weighted by Gasteiger charge is 2.53. The van der Waals surface area contributed by atoms with Gasteiger partial charge in [-0.25, -0.2) is 4.90 Å². The lowest BCUT2D eigenvalue weighted by Crippen LogP contribution is -2.29. The Balaban J connectivity index is 0.00000144. The molecule has 2 heterocycles. The highest BCUT2D eigenvalue weighted by molar-refractivity contribution is 7.80. The van der Waals surface area contributed by atoms with Crippen molar-refractivity contribution < 1.29 is 19.2 Å². The summed E-state index contributed by atoms with van der Waals surface area (Å²) in [6.45, 7) is 4.00. The van der Waals surface area contributed by atoms with Gasteiger partial charge in [0.1, 0.15) is 0 Å². The normalized spacial score (nSPS) is 20.0. The maximum Gasteiger partial charge on any atom is 0.266 e. The number of nitrogens with zero attached hydrogens (tertiary/aromatic N) is 1. The van der Waals surface area contributed by atoms with Crippen LogP contribution >= 0.6 is 12.6 Å². The molecule has 6 rings (SSSR count). The van der Waals surface area contributed by atoms with Gasteiger partial charge in [-0.15, -0.1) is 12.6 Å². The van der Waals surface area contributed by atoms with Crippen molar-refractivity contribution in [2.75, 3.05) is 4.90 Å². The second-order valence-corrected chi connectivity index (χ2v) is 9.56. The van der Waals surface area contributed by atoms with Gasteiger partial charge in [0, 0.05) is 4.90 Å². The van der Waals surface area contributed by atoms with Crippen molar-refractivity contribution >= 4 is 47.5 Å². The summed E-state index contributed by atoms with van der Waals surface area (Å²) in [7, 11) is 0. The van der Waals surface area contributed by atoms with E-state index in [1.807, 2.05) is 56.3 Å². The Bertz CT molecular complexity index is 1510. The Morgan fingerprint density at radius 3 is 2.05 bits per heavy atom. The molecule has 6 nitrogen and oxygen atoms in total. The lowest BCUT2D eigenvalue weighted by molar-refractivity contribution is -0.125. The van der Waals surface area contributed by atoms with Crippen molar-refractivity contribution in [1.29, 1.82) is 0 Å². The quantitative estimate of drug-likeness (QED) is 0.383. The second kappa shape index (κ2) is 10.3. The molecule has 2 saturated heterocycles. The van der Waals surface area contributed by atoms with E-state index < -0.39 is 35.5 Å². The first-order chi connectivity index (χ1) is 18.4. The van der Waals surface area contributed by atoms with Gasteiger partial charge in [0.25, 0.3) is 11.8 Å². The van der Waals surface area contributed by atoms with Crippen LogP contribution in [0.1, 0.15) is 30.5 Å². The number of anilines is 1. The van der Waals surface area contributed by atoms with E-state index in [9.17, 15) is 19.2 Å². The van der Waals surface area contributed by atoms with Crippen molar-refractivity contribution in [2.24, 2.45) is 11.8 Å². The van der Waals surface area contributed by atoms with Gasteiger partial charge in [-0.05, 0) is 52.9 Å². The first-order valence-electron chi connectivity index (χ1n) is 12.5. The Kier molecular flexibility index (Phi) is 6.87. The molecule has 0 aromatic heterocycles. The van der Waals surface area contributed by atoms with Gasteiger partial charge in [-0.2, -0.15) is 0 Å². The van der Waals surface area contributed by atoms with Crippen molar-refractivity contribution in [3.8, 4) is 0 Å². The molecule has 0 radical (unpaired) electrons. The topological polar surface area (TPSA) is 83.6 Å². The molecule has 38 heavy (non-hydrogen) atoms. The summed E-state index contributed by atoms with van der Waals surface area (Å²) in [5, 5.41) is 2.35. The standard InChI is InChI=1S/C29H20N2O4S.C2H6/c32-26-21-15-22-25(23(24(21)27(33)30-26)18-8-12-20(36)13-9-18)29(35)31(28(22)34)19-10-6-17(7-11-19)14-16-4-2-1-3-5-16;1-2/h1-13,15,21,24,36H,14H2,(H,30,32,33);1-2H3. The van der Waals surface area contributed by atoms with E-state index >= 15 is 0 Å². The minimum Gasteiger partial charge on any atom is -0.295 e. The Morgan fingerprint density at radius 2 is 1.39 bits per heavy atom. The van der Waals surface area contributed by atoms with E-state index in [-0.39, 0.29) is 11.1 Å². The average Bonchev–Trinajstić information content (AvgIpc) is 3.37. The predicted octanol–water partition coefficient (Wildman–Crippen LogP) is 4.75. The van der Waals surface area contributed by atoms with Crippen LogP contribution in [0.5, 0.6) is 0 Å². The van der Waals surface area contributed by atoms with Crippen LogP contribution in [0.2, 0.25) is 0 Å². The number of nitrogens with one attached hydrogen (secondary N) is 1. The molecule has 3 aromatic carbocycles. The lowest BCUT2D eigenvalue weighted by Gasteiger charge is -2.23. The van der Waals surface area contributed by atoms with Crippen LogP contribution in [0.3, 0.4) is 0 Å². The smallest absolute Gasteiger partial charge is 0.266 e. The summed E-state index contributed by atoms with van der Waals surface area (Å²) in [5.74, 6) is -3.65. The first-order valence-corrected chi connectivity index (χ1v) is 13.0. The molecule has 7 heteroatoms. The number of hydrogen-bond acceptors (Lipinski definition) is 5. The van der Waals surface area contributed by atoms with E-state index in [1.54, 1.807) is 36.4 Å². The van der Waals surface area contributed by atoms with Crippen LogP contribution in [0, 0.1) is 11.8 Å². The lowest BCUT2D eigenvalue weighted by atomic mass is 9.75. The third-order valence-electron chi connectivity index (χ3n) is 6.86. The van der Waals surface area contributed by atoms with Crippen LogP contribution in [-0.2, 0) is 25.6 Å². The fourth-order valence-corrected chi connectivity index (χ4v) is 5.32. The number of thiol groups is 1. The third-order valence-corrected chi connectivity index (χ3v) is 7.16. The molecule has 1 aliphatic carbocycles. The molecule has 2 atom stereocenters. The Hall–Kier alpha value is -4.23. The van der Waals surface area contributed by atoms with Gasteiger partial charge >= 0.3 is 0 Å². The molecular formula is C31H26N2O4S. The second-order valence-electron chi connectivity index (χ2n) is 9.05. The van der Waals surface area contributed by atoms with E-state index in [0.29, 0.717) is 21.7 Å². The SMILES string of the molecule is CC.O=C1NC(=O)C2C(c3ccc(S)cc3)=C3C(=O)N(c4ccc(Cc5ccccc5)cc4)C(=O)C3=CC12. The van der Waals surface area contributed by atoms with E-state index in [1.165, 1.54) is 6.08 Å². The average molecular weight is 523 g/mol. The van der Waals surface area contributed by atoms with Crippen molar-refractivity contribution in [1.82, 2.24) is 5.32 Å². The summed E-state index contributed by atoms with van der Waals surface area (Å²) in [6.07, 6.45) is 2.20. The number of rotatable bonds is 4. The van der Waals surface area contributed by atoms with Crippen LogP contribution in [0.15, 0.2) is 101 Å². The summed E-state index contributed by atoms with van der Waals surface area (Å²) in [5.41, 5.74) is 3.98. The Morgan fingerprint density at radius 1 is 0.763 bits per heavy atom. The van der Waals surface area contributed by atoms with Crippen molar-refractivity contribution in [3.63, 3.8) is 0 Å². The molecule has 0 spiro atoms. The fraction of sp³-hybridized carbons (Fsp3) is 0.161. The van der Waals surface area contributed by atoms with E-state index in [2.05, 4.69) is 17.9 Å². The number of imide groups is 2. The fourth-order valence-electron chi connectivity index (χ4n) is 5.17. The number of carbonyl (C=O) groups excluding carboxylic acids is 4. The van der Waals surface area contributed by atoms with E-state index in [0.717, 1.165) is 22.4 Å². The molecule has 3 aliphatic rings. The van der Waals surface area contributed by atoms with Gasteiger partial charge in [-0.1, -0.05) is 74.5 Å². The molecular weight excluding hydrogens is 496 g/mol. The molecule has 0 saturated carbocycles. The highest BCUT2D eigenvalue weighted by atomic mass is 32.1. The van der Waals surface area contributed by atoms with Crippen LogP contribution in [0.4, 0.5) is 5.69 Å². The molecule has 2 fully saturated rings. The monoisotopic (exact) mass is 522 g/mol. The zero-order chi connectivity index (χ0) is 27.0. The number of hydrogen-bond donors (Lipinski definition) is 2. The molecule has 4 amide bonds. The van der Waals surface area contributed by atoms with Crippen LogP contribution in [-0.4, -0.2) is 23.6 Å². The molecule has 2 aliphatic heterocycles. The summed E-state index contributed by atoms with van der Waals surface area (Å²) in [4.78, 5) is 54.4. The Labute approximate surface area is 226 Å². The van der Waals surface area contributed by atoms with Crippen molar-refractivity contribution in [3.05, 3.63) is 113 Å². The van der Waals surface area contributed by atoms with Crippen molar-refractivity contribution in [2.45, 2.75) is 25.2 Å². The molecule has 3 aromatic rings. The summed E-state index contributed by atoms with van der Waals surface area (Å²) < 4.78 is 0. The van der Waals surface area contributed by atoms with Gasteiger partial charge in [0.05, 0.1) is 28.7 Å². The van der Waals surface area contributed by atoms with Gasteiger partial charge in [-0.3, -0.25) is 24.5 Å². The van der Waals surface area contributed by atoms with Gasteiger partial charge in [0.15, 0.2) is 0 Å². The minimum absolute atomic E-state index is 0.157. The summed E-state index contributed by atoms with van der Waals surface area (Å²) in [6, 6.07) is 24.3. The number of fused-ring (bicyclic) bond motifs is 2. The summed E-state index contributed by atoms with van der Waals surface area (Å²) >= 11 is 4.32. The van der Waals surface area contributed by atoms with Gasteiger partial charge < -0.3 is 0 Å².